The highest BCUT2D eigenvalue weighted by atomic mass is 79.9. The summed E-state index contributed by atoms with van der Waals surface area (Å²) in [6.07, 6.45) is 3.39. The first-order valence-electron chi connectivity index (χ1n) is 5.61. The Morgan fingerprint density at radius 3 is 2.81 bits per heavy atom. The van der Waals surface area contributed by atoms with E-state index in [1.54, 1.807) is 0 Å². The van der Waals surface area contributed by atoms with E-state index >= 15 is 0 Å². The molecule has 3 heteroatoms. The first-order chi connectivity index (χ1) is 7.63. The monoisotopic (exact) mass is 301 g/mol. The molecule has 0 fully saturated rings. The standard InChI is InChI=1S/C13H20BrNS/c1-10-4-5-12(8-13(10)14)9-15-11(2)6-7-16-3/h4-5,8,11,15H,6-7,9H2,1-3H3. The molecule has 0 bridgehead atoms. The molecule has 0 aliphatic rings. The maximum Gasteiger partial charge on any atom is 0.0208 e. The van der Waals surface area contributed by atoms with Crippen LogP contribution in [-0.4, -0.2) is 18.1 Å². The summed E-state index contributed by atoms with van der Waals surface area (Å²) >= 11 is 5.47. The predicted octanol–water partition coefficient (Wildman–Crippen LogP) is 3.99. The van der Waals surface area contributed by atoms with Crippen LogP contribution in [0.1, 0.15) is 24.5 Å². The summed E-state index contributed by atoms with van der Waals surface area (Å²) in [5.41, 5.74) is 2.63. The van der Waals surface area contributed by atoms with Gasteiger partial charge in [-0.3, -0.25) is 0 Å². The Balaban J connectivity index is 2.39. The summed E-state index contributed by atoms with van der Waals surface area (Å²) in [5, 5.41) is 3.55. The quantitative estimate of drug-likeness (QED) is 0.853. The molecule has 1 atom stereocenters. The van der Waals surface area contributed by atoms with Gasteiger partial charge in [0.1, 0.15) is 0 Å². The lowest BCUT2D eigenvalue weighted by atomic mass is 10.1. The van der Waals surface area contributed by atoms with E-state index < -0.39 is 0 Å². The molecule has 0 saturated heterocycles. The predicted molar refractivity (Wildman–Crippen MR) is 78.2 cm³/mol. The molecule has 90 valence electrons. The van der Waals surface area contributed by atoms with Gasteiger partial charge in [-0.1, -0.05) is 28.1 Å². The van der Waals surface area contributed by atoms with Gasteiger partial charge < -0.3 is 5.32 Å². The Bertz CT molecular complexity index is 328. The minimum Gasteiger partial charge on any atom is -0.310 e. The topological polar surface area (TPSA) is 12.0 Å². The molecule has 0 amide bonds. The zero-order chi connectivity index (χ0) is 12.0. The number of hydrogen-bond donors (Lipinski definition) is 1. The highest BCUT2D eigenvalue weighted by Gasteiger charge is 2.02. The molecule has 0 aromatic heterocycles. The third-order valence-electron chi connectivity index (χ3n) is 2.65. The average Bonchev–Trinajstić information content (AvgIpc) is 2.28. The van der Waals surface area contributed by atoms with Crippen molar-refractivity contribution >= 4 is 27.7 Å². The van der Waals surface area contributed by atoms with Crippen molar-refractivity contribution in [1.82, 2.24) is 5.32 Å². The van der Waals surface area contributed by atoms with E-state index in [1.807, 2.05) is 11.8 Å². The van der Waals surface area contributed by atoms with Crippen LogP contribution in [0.5, 0.6) is 0 Å². The summed E-state index contributed by atoms with van der Waals surface area (Å²) in [6.45, 7) is 5.32. The summed E-state index contributed by atoms with van der Waals surface area (Å²) < 4.78 is 1.20. The van der Waals surface area contributed by atoms with E-state index in [9.17, 15) is 0 Å². The maximum absolute atomic E-state index is 3.56. The maximum atomic E-state index is 3.56. The highest BCUT2D eigenvalue weighted by Crippen LogP contribution is 2.17. The van der Waals surface area contributed by atoms with E-state index in [-0.39, 0.29) is 0 Å². The van der Waals surface area contributed by atoms with Gasteiger partial charge in [-0.15, -0.1) is 0 Å². The van der Waals surface area contributed by atoms with Gasteiger partial charge in [-0.2, -0.15) is 11.8 Å². The number of hydrogen-bond acceptors (Lipinski definition) is 2. The van der Waals surface area contributed by atoms with Crippen LogP contribution in [0.15, 0.2) is 22.7 Å². The second kappa shape index (κ2) is 7.36. The summed E-state index contributed by atoms with van der Waals surface area (Å²) in [5.74, 6) is 1.23. The molecule has 0 saturated carbocycles. The second-order valence-corrected chi connectivity index (χ2v) is 5.99. The van der Waals surface area contributed by atoms with Crippen molar-refractivity contribution in [2.75, 3.05) is 12.0 Å². The lowest BCUT2D eigenvalue weighted by Gasteiger charge is -2.13. The van der Waals surface area contributed by atoms with Gasteiger partial charge in [0, 0.05) is 17.1 Å². The average molecular weight is 302 g/mol. The molecule has 1 N–H and O–H groups in total. The SMILES string of the molecule is CSCCC(C)NCc1ccc(C)c(Br)c1. The first kappa shape index (κ1) is 14.1. The lowest BCUT2D eigenvalue weighted by Crippen LogP contribution is -2.25. The van der Waals surface area contributed by atoms with Gasteiger partial charge in [-0.25, -0.2) is 0 Å². The van der Waals surface area contributed by atoms with Crippen molar-refractivity contribution < 1.29 is 0 Å². The van der Waals surface area contributed by atoms with Gasteiger partial charge in [0.25, 0.3) is 0 Å². The zero-order valence-electron chi connectivity index (χ0n) is 10.2. The molecule has 0 heterocycles. The second-order valence-electron chi connectivity index (χ2n) is 4.15. The van der Waals surface area contributed by atoms with Crippen LogP contribution in [0.3, 0.4) is 0 Å². The van der Waals surface area contributed by atoms with Crippen LogP contribution in [0.2, 0.25) is 0 Å². The van der Waals surface area contributed by atoms with E-state index in [1.165, 1.54) is 27.8 Å². The van der Waals surface area contributed by atoms with E-state index in [0.717, 1.165) is 6.54 Å². The van der Waals surface area contributed by atoms with E-state index in [2.05, 4.69) is 59.5 Å². The largest absolute Gasteiger partial charge is 0.310 e. The van der Waals surface area contributed by atoms with Crippen LogP contribution in [-0.2, 0) is 6.54 Å². The molecule has 1 nitrogen and oxygen atoms in total. The van der Waals surface area contributed by atoms with Gasteiger partial charge >= 0.3 is 0 Å². The van der Waals surface area contributed by atoms with Crippen molar-refractivity contribution in [2.24, 2.45) is 0 Å². The van der Waals surface area contributed by atoms with Crippen LogP contribution >= 0.6 is 27.7 Å². The third kappa shape index (κ3) is 4.89. The lowest BCUT2D eigenvalue weighted by molar-refractivity contribution is 0.537. The fourth-order valence-electron chi connectivity index (χ4n) is 1.44. The number of rotatable bonds is 6. The molecule has 16 heavy (non-hydrogen) atoms. The Kier molecular flexibility index (Phi) is 6.47. The normalized spacial score (nSPS) is 12.8. The number of aryl methyl sites for hydroxylation is 1. The molecule has 1 rings (SSSR count). The first-order valence-corrected chi connectivity index (χ1v) is 7.79. The van der Waals surface area contributed by atoms with E-state index in [4.69, 9.17) is 0 Å². The molecule has 0 aliphatic heterocycles. The van der Waals surface area contributed by atoms with Gasteiger partial charge in [-0.05, 0) is 49.5 Å². The van der Waals surface area contributed by atoms with Crippen molar-refractivity contribution in [3.63, 3.8) is 0 Å². The molecule has 0 aliphatic carbocycles. The minimum atomic E-state index is 0.590. The van der Waals surface area contributed by atoms with Crippen LogP contribution < -0.4 is 5.32 Å². The summed E-state index contributed by atoms with van der Waals surface area (Å²) in [7, 11) is 0. The van der Waals surface area contributed by atoms with Crippen molar-refractivity contribution in [3.05, 3.63) is 33.8 Å². The molecule has 0 spiro atoms. The van der Waals surface area contributed by atoms with Crippen molar-refractivity contribution in [1.29, 1.82) is 0 Å². The summed E-state index contributed by atoms with van der Waals surface area (Å²) in [6, 6.07) is 7.14. The fourth-order valence-corrected chi connectivity index (χ4v) is 2.45. The molecular weight excluding hydrogens is 282 g/mol. The van der Waals surface area contributed by atoms with Crippen molar-refractivity contribution in [3.8, 4) is 0 Å². The molecule has 1 unspecified atom stereocenters. The Morgan fingerprint density at radius 2 is 2.19 bits per heavy atom. The Labute approximate surface area is 112 Å². The number of thioether (sulfide) groups is 1. The van der Waals surface area contributed by atoms with Crippen LogP contribution in [0.25, 0.3) is 0 Å². The van der Waals surface area contributed by atoms with Gasteiger partial charge in [0.05, 0.1) is 0 Å². The van der Waals surface area contributed by atoms with Crippen molar-refractivity contribution in [2.45, 2.75) is 32.9 Å². The van der Waals surface area contributed by atoms with Crippen LogP contribution in [0.4, 0.5) is 0 Å². The molecule has 0 radical (unpaired) electrons. The molecular formula is C13H20BrNS. The number of nitrogens with one attached hydrogen (secondary N) is 1. The molecule has 1 aromatic rings. The van der Waals surface area contributed by atoms with Gasteiger partial charge in [0.2, 0.25) is 0 Å². The smallest absolute Gasteiger partial charge is 0.0208 e. The third-order valence-corrected chi connectivity index (χ3v) is 4.14. The molecule has 1 aromatic carbocycles. The Morgan fingerprint density at radius 1 is 1.44 bits per heavy atom. The number of benzene rings is 1. The summed E-state index contributed by atoms with van der Waals surface area (Å²) in [4.78, 5) is 0. The minimum absolute atomic E-state index is 0.590. The fraction of sp³-hybridized carbons (Fsp3) is 0.538. The van der Waals surface area contributed by atoms with E-state index in [0.29, 0.717) is 6.04 Å². The van der Waals surface area contributed by atoms with Gasteiger partial charge in [0.15, 0.2) is 0 Å². The number of halogens is 1. The Hall–Kier alpha value is 0.01000. The zero-order valence-corrected chi connectivity index (χ0v) is 12.6. The van der Waals surface area contributed by atoms with Crippen LogP contribution in [0, 0.1) is 6.92 Å². The highest BCUT2D eigenvalue weighted by molar-refractivity contribution is 9.10.